The molecule has 0 saturated heterocycles. The van der Waals surface area contributed by atoms with Crippen molar-refractivity contribution in [2.75, 3.05) is 0 Å². The van der Waals surface area contributed by atoms with Crippen LogP contribution in [-0.2, 0) is 4.79 Å². The second kappa shape index (κ2) is 10.8. The van der Waals surface area contributed by atoms with Crippen LogP contribution in [0.2, 0.25) is 0 Å². The summed E-state index contributed by atoms with van der Waals surface area (Å²) in [4.78, 5) is 11.0. The van der Waals surface area contributed by atoms with E-state index in [9.17, 15) is 4.79 Å². The van der Waals surface area contributed by atoms with Crippen LogP contribution in [0.3, 0.4) is 0 Å². The van der Waals surface area contributed by atoms with Gasteiger partial charge in [-0.2, -0.15) is 0 Å². The molecule has 0 unspecified atom stereocenters. The van der Waals surface area contributed by atoms with Crippen molar-refractivity contribution in [1.82, 2.24) is 0 Å². The summed E-state index contributed by atoms with van der Waals surface area (Å²) in [6.45, 7) is 8.76. The van der Waals surface area contributed by atoms with E-state index in [0.29, 0.717) is 18.3 Å². The van der Waals surface area contributed by atoms with E-state index in [0.717, 1.165) is 12.8 Å². The molecule has 19 heavy (non-hydrogen) atoms. The zero-order valence-electron chi connectivity index (χ0n) is 13.2. The van der Waals surface area contributed by atoms with Crippen molar-refractivity contribution >= 4 is 5.78 Å². The van der Waals surface area contributed by atoms with Crippen molar-refractivity contribution in [2.24, 2.45) is 5.41 Å². The van der Waals surface area contributed by atoms with Gasteiger partial charge in [-0.3, -0.25) is 4.79 Å². The molecule has 1 heteroatoms. The minimum Gasteiger partial charge on any atom is -0.299 e. The number of carbonyl (C=O) groups is 1. The lowest BCUT2D eigenvalue weighted by Crippen LogP contribution is -2.03. The van der Waals surface area contributed by atoms with Gasteiger partial charge < -0.3 is 0 Å². The minimum absolute atomic E-state index is 0.277. The van der Waals surface area contributed by atoms with Crippen LogP contribution in [0.4, 0.5) is 0 Å². The van der Waals surface area contributed by atoms with E-state index >= 15 is 0 Å². The Morgan fingerprint density at radius 2 is 1.74 bits per heavy atom. The fourth-order valence-electron chi connectivity index (χ4n) is 1.65. The first kappa shape index (κ1) is 17.9. The number of hydrogen-bond donors (Lipinski definition) is 0. The summed E-state index contributed by atoms with van der Waals surface area (Å²) in [5.74, 6) is 0.277. The van der Waals surface area contributed by atoms with Gasteiger partial charge in [0.05, 0.1) is 0 Å². The molecule has 0 aliphatic heterocycles. The monoisotopic (exact) mass is 262 g/mol. The highest BCUT2D eigenvalue weighted by atomic mass is 16.1. The first-order valence-electron chi connectivity index (χ1n) is 7.52. The molecule has 0 bridgehead atoms. The smallest absolute Gasteiger partial charge is 0.137 e. The highest BCUT2D eigenvalue weighted by Gasteiger charge is 2.07. The molecular weight excluding hydrogens is 232 g/mol. The van der Waals surface area contributed by atoms with Crippen molar-refractivity contribution < 1.29 is 4.79 Å². The van der Waals surface area contributed by atoms with Gasteiger partial charge in [-0.25, -0.2) is 0 Å². The minimum atomic E-state index is 0.277. The number of Topliss-reactive ketones (excluding diaryl/α,β-unsaturated/α-hetero) is 1. The third-order valence-electron chi connectivity index (χ3n) is 2.90. The second-order valence-corrected chi connectivity index (χ2v) is 6.17. The van der Waals surface area contributed by atoms with Crippen LogP contribution >= 0.6 is 0 Å². The largest absolute Gasteiger partial charge is 0.299 e. The van der Waals surface area contributed by atoms with Crippen molar-refractivity contribution in [2.45, 2.75) is 72.6 Å². The van der Waals surface area contributed by atoms with E-state index in [1.165, 1.54) is 19.3 Å². The quantitative estimate of drug-likeness (QED) is 0.299. The Bertz CT molecular complexity index is 322. The first-order valence-corrected chi connectivity index (χ1v) is 7.52. The summed E-state index contributed by atoms with van der Waals surface area (Å²) in [5.41, 5.74) is 3.52. The average molecular weight is 262 g/mol. The van der Waals surface area contributed by atoms with Crippen molar-refractivity contribution in [3.8, 4) is 0 Å². The fraction of sp³-hybridized carbons (Fsp3) is 0.667. The molecule has 0 rings (SSSR count). The van der Waals surface area contributed by atoms with Crippen LogP contribution in [0.1, 0.15) is 72.6 Å². The molecule has 0 aliphatic rings. The topological polar surface area (TPSA) is 17.1 Å². The molecule has 0 aliphatic carbocycles. The number of allylic oxidation sites excluding steroid dienone is 3. The second-order valence-electron chi connectivity index (χ2n) is 6.17. The van der Waals surface area contributed by atoms with E-state index in [-0.39, 0.29) is 5.78 Å². The van der Waals surface area contributed by atoms with Crippen molar-refractivity contribution in [3.05, 3.63) is 30.0 Å². The van der Waals surface area contributed by atoms with Gasteiger partial charge in [0.2, 0.25) is 0 Å². The molecule has 0 fully saturated rings. The molecule has 0 radical (unpaired) electrons. The standard InChI is InChI=1S/C18H30O/c1-5-17(19)15-13-11-9-7-6-8-10-12-14-16-18(2,3)4/h8-10,13H,5-7,12,14-16H2,1-4H3/b10-8+. The molecule has 0 aromatic heterocycles. The Morgan fingerprint density at radius 3 is 2.37 bits per heavy atom. The van der Waals surface area contributed by atoms with E-state index in [4.69, 9.17) is 0 Å². The lowest BCUT2D eigenvalue weighted by Gasteiger charge is -2.16. The number of ketones is 1. The normalized spacial score (nSPS) is 11.4. The molecule has 0 atom stereocenters. The van der Waals surface area contributed by atoms with Crippen molar-refractivity contribution in [3.63, 3.8) is 0 Å². The van der Waals surface area contributed by atoms with Crippen LogP contribution in [0, 0.1) is 5.41 Å². The predicted octanol–water partition coefficient (Wildman–Crippen LogP) is 5.62. The van der Waals surface area contributed by atoms with E-state index < -0.39 is 0 Å². The summed E-state index contributed by atoms with van der Waals surface area (Å²) < 4.78 is 0. The van der Waals surface area contributed by atoms with Crippen LogP contribution < -0.4 is 0 Å². The summed E-state index contributed by atoms with van der Waals surface area (Å²) in [6.07, 6.45) is 15.3. The third kappa shape index (κ3) is 14.9. The van der Waals surface area contributed by atoms with Gasteiger partial charge in [0.1, 0.15) is 5.78 Å². The zero-order chi connectivity index (χ0) is 14.6. The molecule has 0 spiro atoms. The lowest BCUT2D eigenvalue weighted by molar-refractivity contribution is -0.117. The van der Waals surface area contributed by atoms with Crippen LogP contribution in [0.5, 0.6) is 0 Å². The Kier molecular flexibility index (Phi) is 10.2. The molecule has 0 amide bonds. The highest BCUT2D eigenvalue weighted by molar-refractivity contribution is 5.79. The van der Waals surface area contributed by atoms with Crippen LogP contribution in [0.15, 0.2) is 30.0 Å². The molecule has 0 aromatic rings. The Labute approximate surface area is 119 Å². The van der Waals surface area contributed by atoms with Gasteiger partial charge in [-0.05, 0) is 49.7 Å². The summed E-state index contributed by atoms with van der Waals surface area (Å²) in [6, 6.07) is 0. The number of unbranched alkanes of at least 4 members (excludes halogenated alkanes) is 2. The van der Waals surface area contributed by atoms with E-state index in [1.807, 2.05) is 19.1 Å². The first-order chi connectivity index (χ1) is 8.95. The molecular formula is C18H30O. The lowest BCUT2D eigenvalue weighted by atomic mass is 9.90. The van der Waals surface area contributed by atoms with E-state index in [2.05, 4.69) is 38.7 Å². The molecule has 0 aromatic carbocycles. The number of rotatable bonds is 9. The molecule has 0 heterocycles. The van der Waals surface area contributed by atoms with Gasteiger partial charge in [0, 0.05) is 12.8 Å². The zero-order valence-corrected chi connectivity index (χ0v) is 13.2. The SMILES string of the molecule is CCC(=O)CC=C=CCC/C=C/CCCC(C)(C)C. The predicted molar refractivity (Wildman–Crippen MR) is 84.2 cm³/mol. The highest BCUT2D eigenvalue weighted by Crippen LogP contribution is 2.21. The molecule has 0 N–H and O–H groups in total. The van der Waals surface area contributed by atoms with Gasteiger partial charge in [-0.1, -0.05) is 39.8 Å². The Balaban J connectivity index is 3.53. The average Bonchev–Trinajstić information content (AvgIpc) is 2.34. The van der Waals surface area contributed by atoms with Crippen LogP contribution in [-0.4, -0.2) is 5.78 Å². The summed E-state index contributed by atoms with van der Waals surface area (Å²) in [5, 5.41) is 0. The Morgan fingerprint density at radius 1 is 1.05 bits per heavy atom. The number of hydrogen-bond acceptors (Lipinski definition) is 1. The molecule has 108 valence electrons. The van der Waals surface area contributed by atoms with Gasteiger partial charge in [0.15, 0.2) is 0 Å². The maximum atomic E-state index is 11.0. The third-order valence-corrected chi connectivity index (χ3v) is 2.90. The Hall–Kier alpha value is -1.07. The van der Waals surface area contributed by atoms with Crippen molar-refractivity contribution in [1.29, 1.82) is 0 Å². The van der Waals surface area contributed by atoms with Gasteiger partial charge >= 0.3 is 0 Å². The van der Waals surface area contributed by atoms with Crippen LogP contribution in [0.25, 0.3) is 0 Å². The maximum absolute atomic E-state index is 11.0. The van der Waals surface area contributed by atoms with E-state index in [1.54, 1.807) is 0 Å². The number of carbonyl (C=O) groups excluding carboxylic acids is 1. The molecule has 1 nitrogen and oxygen atoms in total. The maximum Gasteiger partial charge on any atom is 0.137 e. The summed E-state index contributed by atoms with van der Waals surface area (Å²) >= 11 is 0. The summed E-state index contributed by atoms with van der Waals surface area (Å²) in [7, 11) is 0. The fourth-order valence-corrected chi connectivity index (χ4v) is 1.65. The molecule has 0 saturated carbocycles. The van der Waals surface area contributed by atoms with Gasteiger partial charge in [0.25, 0.3) is 0 Å². The van der Waals surface area contributed by atoms with Gasteiger partial charge in [-0.15, -0.1) is 5.73 Å².